The molecule has 1 saturated heterocycles. The molecule has 0 saturated carbocycles. The Morgan fingerprint density at radius 1 is 1.29 bits per heavy atom. The molecule has 1 aromatic heterocycles. The van der Waals surface area contributed by atoms with Crippen molar-refractivity contribution in [3.63, 3.8) is 0 Å². The molecule has 0 aliphatic carbocycles. The van der Waals surface area contributed by atoms with E-state index in [0.717, 1.165) is 11.1 Å². The second-order valence-corrected chi connectivity index (χ2v) is 5.89. The zero-order chi connectivity index (χ0) is 17.1. The first-order valence-electron chi connectivity index (χ1n) is 7.80. The Bertz CT molecular complexity index is 709. The molecular weight excluding hydrogens is 308 g/mol. The standard InChI is InChI=1S/C18H20N2O4/c1-12-5-7-13(8-6-12)16-17(24-11-15(21)20(16)2)18(22)19-10-14-4-3-9-23-14/h3-9,16-17H,10-11H2,1-2H3,(H,19,22)/t16-,17+/m0/s1. The third kappa shape index (κ3) is 3.33. The SMILES string of the molecule is Cc1ccc([C@H]2[C@H](C(=O)NCc3ccco3)OCC(=O)N2C)cc1. The zero-order valence-electron chi connectivity index (χ0n) is 13.7. The van der Waals surface area contributed by atoms with E-state index in [-0.39, 0.29) is 25.0 Å². The van der Waals surface area contributed by atoms with Gasteiger partial charge in [-0.3, -0.25) is 9.59 Å². The molecule has 1 aliphatic rings. The maximum Gasteiger partial charge on any atom is 0.252 e. The highest BCUT2D eigenvalue weighted by Crippen LogP contribution is 2.29. The number of carbonyl (C=O) groups is 2. The first-order valence-corrected chi connectivity index (χ1v) is 7.80. The fourth-order valence-electron chi connectivity index (χ4n) is 2.78. The summed E-state index contributed by atoms with van der Waals surface area (Å²) in [4.78, 5) is 26.2. The Morgan fingerprint density at radius 2 is 2.04 bits per heavy atom. The Labute approximate surface area is 140 Å². The van der Waals surface area contributed by atoms with E-state index < -0.39 is 12.1 Å². The quantitative estimate of drug-likeness (QED) is 0.929. The van der Waals surface area contributed by atoms with E-state index in [1.807, 2.05) is 31.2 Å². The van der Waals surface area contributed by atoms with Crippen LogP contribution in [0.15, 0.2) is 47.1 Å². The first kappa shape index (κ1) is 16.3. The van der Waals surface area contributed by atoms with E-state index >= 15 is 0 Å². The van der Waals surface area contributed by atoms with Gasteiger partial charge in [-0.2, -0.15) is 0 Å². The average Bonchev–Trinajstić information content (AvgIpc) is 3.09. The van der Waals surface area contributed by atoms with Crippen molar-refractivity contribution in [2.75, 3.05) is 13.7 Å². The molecule has 0 unspecified atom stereocenters. The molecular formula is C18H20N2O4. The third-order valence-electron chi connectivity index (χ3n) is 4.18. The third-order valence-corrected chi connectivity index (χ3v) is 4.18. The van der Waals surface area contributed by atoms with E-state index in [4.69, 9.17) is 9.15 Å². The summed E-state index contributed by atoms with van der Waals surface area (Å²) in [5.74, 6) is 0.252. The molecule has 1 N–H and O–H groups in total. The minimum atomic E-state index is -0.759. The number of morpholine rings is 1. The molecule has 6 nitrogen and oxygen atoms in total. The number of rotatable bonds is 4. The van der Waals surface area contributed by atoms with Gasteiger partial charge in [-0.05, 0) is 24.6 Å². The summed E-state index contributed by atoms with van der Waals surface area (Å²) in [6.45, 7) is 2.17. The largest absolute Gasteiger partial charge is 0.467 e. The Morgan fingerprint density at radius 3 is 2.71 bits per heavy atom. The molecule has 2 atom stereocenters. The Kier molecular flexibility index (Phi) is 4.66. The van der Waals surface area contributed by atoms with Crippen LogP contribution in [-0.2, 0) is 20.9 Å². The van der Waals surface area contributed by atoms with Crippen LogP contribution >= 0.6 is 0 Å². The van der Waals surface area contributed by atoms with E-state index in [9.17, 15) is 9.59 Å². The molecule has 2 heterocycles. The van der Waals surface area contributed by atoms with Gasteiger partial charge in [0.1, 0.15) is 12.4 Å². The lowest BCUT2D eigenvalue weighted by atomic mass is 9.97. The number of furan rings is 1. The van der Waals surface area contributed by atoms with Crippen LogP contribution in [0.4, 0.5) is 0 Å². The van der Waals surface area contributed by atoms with Crippen molar-refractivity contribution in [3.05, 3.63) is 59.5 Å². The normalized spacial score (nSPS) is 20.9. The topological polar surface area (TPSA) is 71.8 Å². The molecule has 1 aliphatic heterocycles. The molecule has 126 valence electrons. The highest BCUT2D eigenvalue weighted by molar-refractivity contribution is 5.86. The van der Waals surface area contributed by atoms with Crippen molar-refractivity contribution in [1.82, 2.24) is 10.2 Å². The molecule has 3 rings (SSSR count). The monoisotopic (exact) mass is 328 g/mol. The van der Waals surface area contributed by atoms with Gasteiger partial charge >= 0.3 is 0 Å². The van der Waals surface area contributed by atoms with Crippen LogP contribution < -0.4 is 5.32 Å². The van der Waals surface area contributed by atoms with Crippen molar-refractivity contribution in [1.29, 1.82) is 0 Å². The fourth-order valence-corrected chi connectivity index (χ4v) is 2.78. The van der Waals surface area contributed by atoms with Crippen LogP contribution in [0.25, 0.3) is 0 Å². The fraction of sp³-hybridized carbons (Fsp3) is 0.333. The summed E-state index contributed by atoms with van der Waals surface area (Å²) in [6, 6.07) is 10.9. The van der Waals surface area contributed by atoms with Crippen molar-refractivity contribution < 1.29 is 18.7 Å². The summed E-state index contributed by atoms with van der Waals surface area (Å²) >= 11 is 0. The number of amides is 2. The predicted octanol–water partition coefficient (Wildman–Crippen LogP) is 1.80. The van der Waals surface area contributed by atoms with Gasteiger partial charge in [0.15, 0.2) is 6.10 Å². The number of ether oxygens (including phenoxy) is 1. The van der Waals surface area contributed by atoms with Gasteiger partial charge in [-0.25, -0.2) is 0 Å². The number of carbonyl (C=O) groups excluding carboxylic acids is 2. The van der Waals surface area contributed by atoms with Gasteiger partial charge in [0, 0.05) is 7.05 Å². The van der Waals surface area contributed by atoms with Crippen LogP contribution in [0.1, 0.15) is 22.9 Å². The summed E-state index contributed by atoms with van der Waals surface area (Å²) in [5, 5.41) is 2.81. The van der Waals surface area contributed by atoms with Crippen LogP contribution in [-0.4, -0.2) is 36.5 Å². The smallest absolute Gasteiger partial charge is 0.252 e. The Balaban J connectivity index is 1.79. The van der Waals surface area contributed by atoms with Gasteiger partial charge in [0.05, 0.1) is 18.8 Å². The molecule has 24 heavy (non-hydrogen) atoms. The van der Waals surface area contributed by atoms with Crippen LogP contribution in [0.5, 0.6) is 0 Å². The summed E-state index contributed by atoms with van der Waals surface area (Å²) in [5.41, 5.74) is 1.98. The van der Waals surface area contributed by atoms with Gasteiger partial charge < -0.3 is 19.4 Å². The number of benzene rings is 1. The van der Waals surface area contributed by atoms with Crippen molar-refractivity contribution in [2.24, 2.45) is 0 Å². The number of likely N-dealkylation sites (N-methyl/N-ethyl adjacent to an activating group) is 1. The van der Waals surface area contributed by atoms with Crippen molar-refractivity contribution >= 4 is 11.8 Å². The van der Waals surface area contributed by atoms with Crippen LogP contribution in [0, 0.1) is 6.92 Å². The molecule has 1 fully saturated rings. The number of hydrogen-bond donors (Lipinski definition) is 1. The lowest BCUT2D eigenvalue weighted by Gasteiger charge is -2.38. The van der Waals surface area contributed by atoms with E-state index in [0.29, 0.717) is 5.76 Å². The van der Waals surface area contributed by atoms with Gasteiger partial charge in [-0.1, -0.05) is 29.8 Å². The first-order chi connectivity index (χ1) is 11.6. The van der Waals surface area contributed by atoms with Crippen molar-refractivity contribution in [2.45, 2.75) is 25.6 Å². The average molecular weight is 328 g/mol. The number of nitrogens with one attached hydrogen (secondary N) is 1. The summed E-state index contributed by atoms with van der Waals surface area (Å²) in [7, 11) is 1.70. The second kappa shape index (κ2) is 6.88. The molecule has 2 aromatic rings. The molecule has 1 aromatic carbocycles. The van der Waals surface area contributed by atoms with E-state index in [1.54, 1.807) is 30.3 Å². The number of aryl methyl sites for hydroxylation is 1. The maximum absolute atomic E-state index is 12.6. The lowest BCUT2D eigenvalue weighted by Crippen LogP contribution is -2.52. The maximum atomic E-state index is 12.6. The Hall–Kier alpha value is -2.60. The lowest BCUT2D eigenvalue weighted by molar-refractivity contribution is -0.162. The minimum Gasteiger partial charge on any atom is -0.467 e. The molecule has 0 radical (unpaired) electrons. The van der Waals surface area contributed by atoms with Gasteiger partial charge in [0.2, 0.25) is 5.91 Å². The van der Waals surface area contributed by atoms with Crippen molar-refractivity contribution in [3.8, 4) is 0 Å². The highest BCUT2D eigenvalue weighted by Gasteiger charge is 2.39. The second-order valence-electron chi connectivity index (χ2n) is 5.89. The molecule has 0 spiro atoms. The minimum absolute atomic E-state index is 0.0995. The number of nitrogens with zero attached hydrogens (tertiary/aromatic N) is 1. The highest BCUT2D eigenvalue weighted by atomic mass is 16.5. The van der Waals surface area contributed by atoms with Gasteiger partial charge in [0.25, 0.3) is 5.91 Å². The molecule has 0 bridgehead atoms. The van der Waals surface area contributed by atoms with Gasteiger partial charge in [-0.15, -0.1) is 0 Å². The zero-order valence-corrected chi connectivity index (χ0v) is 13.7. The van der Waals surface area contributed by atoms with Crippen LogP contribution in [0.2, 0.25) is 0 Å². The predicted molar refractivity (Wildman–Crippen MR) is 87.0 cm³/mol. The van der Waals surface area contributed by atoms with E-state index in [2.05, 4.69) is 5.32 Å². The van der Waals surface area contributed by atoms with Crippen LogP contribution in [0.3, 0.4) is 0 Å². The molecule has 6 heteroatoms. The summed E-state index contributed by atoms with van der Waals surface area (Å²) < 4.78 is 10.8. The summed E-state index contributed by atoms with van der Waals surface area (Å²) in [6.07, 6.45) is 0.797. The number of hydrogen-bond acceptors (Lipinski definition) is 4. The molecule has 2 amide bonds. The van der Waals surface area contributed by atoms with E-state index in [1.165, 1.54) is 0 Å².